The molecule has 1 saturated heterocycles. The Hall–Kier alpha value is -1.86. The van der Waals surface area contributed by atoms with E-state index in [2.05, 4.69) is 11.4 Å². The molecule has 1 amide bonds. The highest BCUT2D eigenvalue weighted by Gasteiger charge is 2.42. The van der Waals surface area contributed by atoms with E-state index >= 15 is 0 Å². The zero-order valence-corrected chi connectivity index (χ0v) is 14.9. The Morgan fingerprint density at radius 3 is 2.58 bits per heavy atom. The first-order valence-corrected chi connectivity index (χ1v) is 9.48. The normalized spacial score (nSPS) is 18.8. The molecule has 2 aliphatic heterocycles. The number of rotatable bonds is 2. The number of likely N-dealkylation sites (tertiary alicyclic amines) is 1. The molecule has 1 aromatic heterocycles. The van der Waals surface area contributed by atoms with E-state index in [0.29, 0.717) is 32.5 Å². The summed E-state index contributed by atoms with van der Waals surface area (Å²) in [5.41, 5.74) is 1.16. The van der Waals surface area contributed by atoms with Crippen LogP contribution < -0.4 is 0 Å². The van der Waals surface area contributed by atoms with Crippen LogP contribution in [0.5, 0.6) is 0 Å². The van der Waals surface area contributed by atoms with Crippen LogP contribution in [-0.2, 0) is 28.0 Å². The van der Waals surface area contributed by atoms with E-state index in [-0.39, 0.29) is 23.5 Å². The standard InChI is InChI=1S/C19H18F3NO2S/c20-14-9-12(10-15(21)17(14)22)11-16(24)23-5-3-19(4-6-23)18-13(1-7-25-19)2-8-26-18/h2,8-10H,1,3-7,11H2. The fourth-order valence-corrected chi connectivity index (χ4v) is 5.01. The summed E-state index contributed by atoms with van der Waals surface area (Å²) in [6.07, 6.45) is 2.19. The zero-order valence-electron chi connectivity index (χ0n) is 14.1. The van der Waals surface area contributed by atoms with Crippen molar-refractivity contribution in [1.29, 1.82) is 0 Å². The van der Waals surface area contributed by atoms with Crippen molar-refractivity contribution >= 4 is 17.2 Å². The minimum absolute atomic E-state index is 0.140. The lowest BCUT2D eigenvalue weighted by Crippen LogP contribution is -2.48. The Bertz CT molecular complexity index is 820. The summed E-state index contributed by atoms with van der Waals surface area (Å²) in [5, 5.41) is 2.08. The number of amides is 1. The van der Waals surface area contributed by atoms with Gasteiger partial charge in [0, 0.05) is 18.0 Å². The third kappa shape index (κ3) is 3.03. The van der Waals surface area contributed by atoms with Crippen LogP contribution in [0, 0.1) is 17.5 Å². The molecule has 2 aliphatic rings. The van der Waals surface area contributed by atoms with Gasteiger partial charge in [-0.05, 0) is 54.0 Å². The van der Waals surface area contributed by atoms with Crippen LogP contribution in [0.2, 0.25) is 0 Å². The highest BCUT2D eigenvalue weighted by Crippen LogP contribution is 2.44. The molecule has 1 fully saturated rings. The summed E-state index contributed by atoms with van der Waals surface area (Å²) < 4.78 is 45.8. The molecule has 2 aromatic rings. The molecule has 7 heteroatoms. The number of hydrogen-bond acceptors (Lipinski definition) is 3. The summed E-state index contributed by atoms with van der Waals surface area (Å²) in [7, 11) is 0. The van der Waals surface area contributed by atoms with Gasteiger partial charge in [0.15, 0.2) is 17.5 Å². The SMILES string of the molecule is O=C(Cc1cc(F)c(F)c(F)c1)N1CCC2(CC1)OCCc1ccsc12. The maximum Gasteiger partial charge on any atom is 0.226 e. The number of nitrogens with zero attached hydrogens (tertiary/aromatic N) is 1. The molecular weight excluding hydrogens is 363 g/mol. The monoisotopic (exact) mass is 381 g/mol. The van der Waals surface area contributed by atoms with Crippen LogP contribution in [0.15, 0.2) is 23.6 Å². The quantitative estimate of drug-likeness (QED) is 0.741. The van der Waals surface area contributed by atoms with Gasteiger partial charge in [-0.1, -0.05) is 0 Å². The van der Waals surface area contributed by atoms with E-state index < -0.39 is 17.5 Å². The lowest BCUT2D eigenvalue weighted by atomic mass is 9.85. The summed E-state index contributed by atoms with van der Waals surface area (Å²) in [4.78, 5) is 15.4. The van der Waals surface area contributed by atoms with E-state index in [1.165, 1.54) is 10.4 Å². The Morgan fingerprint density at radius 1 is 1.19 bits per heavy atom. The molecule has 0 saturated carbocycles. The minimum Gasteiger partial charge on any atom is -0.369 e. The predicted octanol–water partition coefficient (Wildman–Crippen LogP) is 3.80. The molecule has 3 nitrogen and oxygen atoms in total. The van der Waals surface area contributed by atoms with E-state index in [1.807, 2.05) is 0 Å². The van der Waals surface area contributed by atoms with Crippen molar-refractivity contribution in [2.45, 2.75) is 31.3 Å². The number of halogens is 3. The van der Waals surface area contributed by atoms with E-state index in [1.54, 1.807) is 16.2 Å². The second-order valence-electron chi connectivity index (χ2n) is 6.80. The molecule has 3 heterocycles. The Kier molecular flexibility index (Phi) is 4.52. The maximum atomic E-state index is 13.3. The first kappa shape index (κ1) is 17.5. The van der Waals surface area contributed by atoms with Crippen molar-refractivity contribution in [3.05, 3.63) is 57.0 Å². The first-order chi connectivity index (χ1) is 12.5. The molecule has 26 heavy (non-hydrogen) atoms. The van der Waals surface area contributed by atoms with Crippen molar-refractivity contribution in [1.82, 2.24) is 4.90 Å². The summed E-state index contributed by atoms with van der Waals surface area (Å²) in [6.45, 7) is 1.75. The minimum atomic E-state index is -1.51. The highest BCUT2D eigenvalue weighted by molar-refractivity contribution is 7.10. The Morgan fingerprint density at radius 2 is 1.88 bits per heavy atom. The zero-order chi connectivity index (χ0) is 18.3. The fourth-order valence-electron chi connectivity index (χ4n) is 3.84. The van der Waals surface area contributed by atoms with Gasteiger partial charge in [0.25, 0.3) is 0 Å². The summed E-state index contributed by atoms with van der Waals surface area (Å²) in [6, 6.07) is 3.90. The number of thiophene rings is 1. The van der Waals surface area contributed by atoms with Gasteiger partial charge in [-0.15, -0.1) is 11.3 Å². The smallest absolute Gasteiger partial charge is 0.226 e. The van der Waals surface area contributed by atoms with Gasteiger partial charge < -0.3 is 9.64 Å². The highest BCUT2D eigenvalue weighted by atomic mass is 32.1. The fraction of sp³-hybridized carbons (Fsp3) is 0.421. The van der Waals surface area contributed by atoms with Crippen molar-refractivity contribution < 1.29 is 22.7 Å². The average molecular weight is 381 g/mol. The van der Waals surface area contributed by atoms with Gasteiger partial charge in [0.2, 0.25) is 5.91 Å². The third-order valence-corrected chi connectivity index (χ3v) is 6.38. The van der Waals surface area contributed by atoms with Crippen molar-refractivity contribution in [2.75, 3.05) is 19.7 Å². The number of carbonyl (C=O) groups excluding carboxylic acids is 1. The van der Waals surface area contributed by atoms with Crippen molar-refractivity contribution in [3.63, 3.8) is 0 Å². The van der Waals surface area contributed by atoms with E-state index in [0.717, 1.165) is 18.6 Å². The van der Waals surface area contributed by atoms with Crippen LogP contribution in [0.3, 0.4) is 0 Å². The second kappa shape index (κ2) is 6.70. The molecule has 1 spiro atoms. The number of hydrogen-bond donors (Lipinski definition) is 0. The molecule has 0 radical (unpaired) electrons. The molecule has 138 valence electrons. The van der Waals surface area contributed by atoms with Crippen LogP contribution in [-0.4, -0.2) is 30.5 Å². The molecule has 0 aliphatic carbocycles. The van der Waals surface area contributed by atoms with Gasteiger partial charge in [0.05, 0.1) is 13.0 Å². The van der Waals surface area contributed by atoms with Crippen LogP contribution in [0.1, 0.15) is 28.8 Å². The topological polar surface area (TPSA) is 29.5 Å². The van der Waals surface area contributed by atoms with Crippen LogP contribution in [0.4, 0.5) is 13.2 Å². The molecule has 4 rings (SSSR count). The first-order valence-electron chi connectivity index (χ1n) is 8.60. The van der Waals surface area contributed by atoms with Gasteiger partial charge in [-0.25, -0.2) is 13.2 Å². The van der Waals surface area contributed by atoms with Gasteiger partial charge in [-0.2, -0.15) is 0 Å². The largest absolute Gasteiger partial charge is 0.369 e. The Labute approximate surface area is 153 Å². The van der Waals surface area contributed by atoms with Gasteiger partial charge in [0.1, 0.15) is 5.60 Å². The summed E-state index contributed by atoms with van der Waals surface area (Å²) >= 11 is 1.70. The number of benzene rings is 1. The van der Waals surface area contributed by atoms with Crippen LogP contribution in [0.25, 0.3) is 0 Å². The maximum absolute atomic E-state index is 13.3. The average Bonchev–Trinajstić information content (AvgIpc) is 3.11. The second-order valence-corrected chi connectivity index (χ2v) is 7.71. The Balaban J connectivity index is 1.43. The number of carbonyl (C=O) groups is 1. The van der Waals surface area contributed by atoms with E-state index in [4.69, 9.17) is 4.74 Å². The van der Waals surface area contributed by atoms with Crippen LogP contribution >= 0.6 is 11.3 Å². The molecule has 0 atom stereocenters. The number of fused-ring (bicyclic) bond motifs is 2. The van der Waals surface area contributed by atoms with Crippen molar-refractivity contribution in [3.8, 4) is 0 Å². The number of ether oxygens (including phenoxy) is 1. The molecule has 1 aromatic carbocycles. The predicted molar refractivity (Wildman–Crippen MR) is 91.5 cm³/mol. The molecular formula is C19H18F3NO2S. The molecule has 0 N–H and O–H groups in total. The number of piperidine rings is 1. The third-order valence-electron chi connectivity index (χ3n) is 5.23. The van der Waals surface area contributed by atoms with Crippen molar-refractivity contribution in [2.24, 2.45) is 0 Å². The van der Waals surface area contributed by atoms with E-state index in [9.17, 15) is 18.0 Å². The lowest BCUT2D eigenvalue weighted by Gasteiger charge is -2.43. The van der Waals surface area contributed by atoms with Gasteiger partial charge >= 0.3 is 0 Å². The molecule has 0 unspecified atom stereocenters. The van der Waals surface area contributed by atoms with Gasteiger partial charge in [-0.3, -0.25) is 4.79 Å². The lowest BCUT2D eigenvalue weighted by molar-refractivity contribution is -0.139. The summed E-state index contributed by atoms with van der Waals surface area (Å²) in [5.74, 6) is -4.27. The molecule has 0 bridgehead atoms.